The molecule has 184 valence electrons. The third kappa shape index (κ3) is 4.07. The summed E-state index contributed by atoms with van der Waals surface area (Å²) in [7, 11) is 1.98. The number of aryl methyl sites for hydroxylation is 1. The molecule has 3 aliphatic heterocycles. The first-order valence-electron chi connectivity index (χ1n) is 12.2. The number of aromatic nitrogens is 3. The summed E-state index contributed by atoms with van der Waals surface area (Å²) in [5.74, 6) is 1.61. The molecule has 1 spiro atoms. The van der Waals surface area contributed by atoms with Crippen molar-refractivity contribution < 1.29 is 23.7 Å². The number of ether oxygens (including phenoxy) is 4. The standard InChI is InChI=1S/C26H30N4O5/c1-16(31)28-24-9-19-20(12-30(2)22(19)11-27-24)21-10-23(34-14-17-3-6-32-13-17)18-4-7-35-26(25(18)29-21)5-8-33-15-26/h9-12,17H,3-8,13-15H2,1-2H3,(H,27,28,31)/t17-,26?/m0/s1. The molecule has 0 bridgehead atoms. The van der Waals surface area contributed by atoms with E-state index in [1.165, 1.54) is 6.92 Å². The number of hydrogen-bond acceptors (Lipinski definition) is 7. The first-order valence-corrected chi connectivity index (χ1v) is 12.2. The molecule has 35 heavy (non-hydrogen) atoms. The Balaban J connectivity index is 1.48. The molecule has 9 nitrogen and oxygen atoms in total. The molecule has 6 rings (SSSR count). The number of carbonyl (C=O) groups is 1. The number of carbonyl (C=O) groups excluding carboxylic acids is 1. The molecule has 3 aromatic rings. The summed E-state index contributed by atoms with van der Waals surface area (Å²) < 4.78 is 26.1. The van der Waals surface area contributed by atoms with E-state index in [2.05, 4.69) is 22.6 Å². The number of nitrogens with zero attached hydrogens (tertiary/aromatic N) is 3. The maximum atomic E-state index is 11.6. The Kier molecular flexibility index (Phi) is 5.70. The van der Waals surface area contributed by atoms with Gasteiger partial charge < -0.3 is 28.8 Å². The second-order valence-corrected chi connectivity index (χ2v) is 9.69. The lowest BCUT2D eigenvalue weighted by molar-refractivity contribution is -0.114. The van der Waals surface area contributed by atoms with Crippen molar-refractivity contribution in [2.45, 2.75) is 31.8 Å². The molecule has 3 aliphatic rings. The predicted molar refractivity (Wildman–Crippen MR) is 129 cm³/mol. The lowest BCUT2D eigenvalue weighted by Gasteiger charge is -2.34. The first-order chi connectivity index (χ1) is 17.0. The van der Waals surface area contributed by atoms with Crippen LogP contribution in [0.4, 0.5) is 5.82 Å². The van der Waals surface area contributed by atoms with Gasteiger partial charge in [0.25, 0.3) is 0 Å². The Morgan fingerprint density at radius 1 is 1.29 bits per heavy atom. The molecule has 2 saturated heterocycles. The normalized spacial score (nSPS) is 23.7. The van der Waals surface area contributed by atoms with Crippen LogP contribution in [0.3, 0.4) is 0 Å². The van der Waals surface area contributed by atoms with Gasteiger partial charge >= 0.3 is 0 Å². The number of anilines is 1. The van der Waals surface area contributed by atoms with Crippen LogP contribution in [0.25, 0.3) is 22.2 Å². The number of rotatable bonds is 5. The van der Waals surface area contributed by atoms with E-state index in [-0.39, 0.29) is 5.91 Å². The Morgan fingerprint density at radius 2 is 2.20 bits per heavy atom. The average Bonchev–Trinajstić information content (AvgIpc) is 3.59. The highest BCUT2D eigenvalue weighted by Crippen LogP contribution is 2.44. The van der Waals surface area contributed by atoms with E-state index >= 15 is 0 Å². The molecule has 3 aromatic heterocycles. The van der Waals surface area contributed by atoms with E-state index in [1.54, 1.807) is 6.20 Å². The van der Waals surface area contributed by atoms with Gasteiger partial charge in [0.05, 0.1) is 49.5 Å². The van der Waals surface area contributed by atoms with Gasteiger partial charge in [0.1, 0.15) is 17.2 Å². The lowest BCUT2D eigenvalue weighted by atomic mass is 9.89. The minimum absolute atomic E-state index is 0.159. The van der Waals surface area contributed by atoms with Crippen molar-refractivity contribution in [3.63, 3.8) is 0 Å². The van der Waals surface area contributed by atoms with Gasteiger partial charge in [-0.2, -0.15) is 0 Å². The van der Waals surface area contributed by atoms with Crippen molar-refractivity contribution in [2.24, 2.45) is 13.0 Å². The molecule has 0 saturated carbocycles. The molecule has 1 unspecified atom stereocenters. The Labute approximate surface area is 203 Å². The summed E-state index contributed by atoms with van der Waals surface area (Å²) in [5, 5.41) is 3.75. The third-order valence-electron chi connectivity index (χ3n) is 7.19. The molecule has 0 aliphatic carbocycles. The van der Waals surface area contributed by atoms with Crippen LogP contribution in [0.2, 0.25) is 0 Å². The summed E-state index contributed by atoms with van der Waals surface area (Å²) >= 11 is 0. The molecular weight excluding hydrogens is 448 g/mol. The van der Waals surface area contributed by atoms with Crippen molar-refractivity contribution in [3.05, 3.63) is 35.8 Å². The van der Waals surface area contributed by atoms with Crippen LogP contribution < -0.4 is 10.1 Å². The van der Waals surface area contributed by atoms with Crippen LogP contribution in [-0.2, 0) is 38.1 Å². The van der Waals surface area contributed by atoms with E-state index in [1.807, 2.05) is 17.7 Å². The highest BCUT2D eigenvalue weighted by Gasteiger charge is 2.44. The maximum Gasteiger partial charge on any atom is 0.222 e. The first kappa shape index (κ1) is 22.5. The van der Waals surface area contributed by atoms with Crippen LogP contribution in [0.15, 0.2) is 24.5 Å². The van der Waals surface area contributed by atoms with Gasteiger partial charge in [-0.3, -0.25) is 4.79 Å². The number of fused-ring (bicyclic) bond motifs is 3. The van der Waals surface area contributed by atoms with Gasteiger partial charge in [0.2, 0.25) is 5.91 Å². The van der Waals surface area contributed by atoms with E-state index in [0.29, 0.717) is 38.2 Å². The molecule has 2 fully saturated rings. The van der Waals surface area contributed by atoms with E-state index in [4.69, 9.17) is 23.9 Å². The maximum absolute atomic E-state index is 11.6. The minimum Gasteiger partial charge on any atom is -0.493 e. The highest BCUT2D eigenvalue weighted by molar-refractivity contribution is 5.98. The molecule has 0 radical (unpaired) electrons. The molecule has 9 heteroatoms. The van der Waals surface area contributed by atoms with Gasteiger partial charge in [0, 0.05) is 74.7 Å². The topological polar surface area (TPSA) is 96.7 Å². The van der Waals surface area contributed by atoms with Crippen LogP contribution in [-0.4, -0.2) is 60.1 Å². The number of pyridine rings is 2. The van der Waals surface area contributed by atoms with Crippen LogP contribution >= 0.6 is 0 Å². The molecule has 0 aromatic carbocycles. The van der Waals surface area contributed by atoms with Crippen molar-refractivity contribution in [3.8, 4) is 17.0 Å². The Hall–Kier alpha value is -3.01. The minimum atomic E-state index is -0.536. The van der Waals surface area contributed by atoms with E-state index in [9.17, 15) is 4.79 Å². The van der Waals surface area contributed by atoms with Crippen molar-refractivity contribution in [1.29, 1.82) is 0 Å². The van der Waals surface area contributed by atoms with E-state index < -0.39 is 5.60 Å². The van der Waals surface area contributed by atoms with Crippen molar-refractivity contribution in [1.82, 2.24) is 14.5 Å². The average molecular weight is 479 g/mol. The molecule has 2 atom stereocenters. The van der Waals surface area contributed by atoms with Gasteiger partial charge in [-0.05, 0) is 12.5 Å². The highest BCUT2D eigenvalue weighted by atomic mass is 16.6. The van der Waals surface area contributed by atoms with Gasteiger partial charge in [-0.1, -0.05) is 0 Å². The fraction of sp³-hybridized carbons (Fsp3) is 0.500. The third-order valence-corrected chi connectivity index (χ3v) is 7.19. The second kappa shape index (κ2) is 8.89. The van der Waals surface area contributed by atoms with Gasteiger partial charge in [-0.25, -0.2) is 9.97 Å². The summed E-state index contributed by atoms with van der Waals surface area (Å²) in [6, 6.07) is 3.95. The summed E-state index contributed by atoms with van der Waals surface area (Å²) in [6.45, 7) is 5.41. The van der Waals surface area contributed by atoms with Crippen molar-refractivity contribution in [2.75, 3.05) is 45.0 Å². The second-order valence-electron chi connectivity index (χ2n) is 9.69. The Morgan fingerprint density at radius 3 is 2.97 bits per heavy atom. The summed E-state index contributed by atoms with van der Waals surface area (Å²) in [4.78, 5) is 21.2. The van der Waals surface area contributed by atoms with Crippen LogP contribution in [0.5, 0.6) is 5.75 Å². The summed E-state index contributed by atoms with van der Waals surface area (Å²) in [6.07, 6.45) is 6.37. The number of nitrogens with one attached hydrogen (secondary N) is 1. The number of amides is 1. The zero-order valence-corrected chi connectivity index (χ0v) is 20.1. The van der Waals surface area contributed by atoms with Crippen LogP contribution in [0.1, 0.15) is 31.0 Å². The number of hydrogen-bond donors (Lipinski definition) is 1. The Bertz CT molecular complexity index is 1270. The zero-order chi connectivity index (χ0) is 24.0. The smallest absolute Gasteiger partial charge is 0.222 e. The summed E-state index contributed by atoms with van der Waals surface area (Å²) in [5.41, 5.74) is 4.21. The van der Waals surface area contributed by atoms with Crippen LogP contribution in [0, 0.1) is 5.92 Å². The monoisotopic (exact) mass is 478 g/mol. The molecule has 6 heterocycles. The van der Waals surface area contributed by atoms with E-state index in [0.717, 1.165) is 71.6 Å². The quantitative estimate of drug-likeness (QED) is 0.602. The van der Waals surface area contributed by atoms with Gasteiger partial charge in [0.15, 0.2) is 0 Å². The van der Waals surface area contributed by atoms with Gasteiger partial charge in [-0.15, -0.1) is 0 Å². The fourth-order valence-electron chi connectivity index (χ4n) is 5.35. The lowest BCUT2D eigenvalue weighted by Crippen LogP contribution is -2.37. The SMILES string of the molecule is CC(=O)Nc1cc2c(-c3cc(OC[C@H]4CCOC4)c4c(n3)C3(CCOC3)OCC4)cn(C)c2cn1. The molecule has 1 amide bonds. The fourth-order valence-corrected chi connectivity index (χ4v) is 5.35. The molecular formula is C26H30N4O5. The van der Waals surface area contributed by atoms with Crippen molar-refractivity contribution >= 4 is 22.6 Å². The zero-order valence-electron chi connectivity index (χ0n) is 20.1. The predicted octanol–water partition coefficient (Wildman–Crippen LogP) is 3.20. The molecule has 1 N–H and O–H groups in total. The largest absolute Gasteiger partial charge is 0.493 e.